The smallest absolute Gasteiger partial charge is 0.337 e. The molecule has 1 amide bonds. The molecule has 128 valence electrons. The first kappa shape index (κ1) is 18.4. The summed E-state index contributed by atoms with van der Waals surface area (Å²) in [6.07, 6.45) is 2.65. The van der Waals surface area contributed by atoms with Gasteiger partial charge in [-0.15, -0.1) is 12.4 Å². The molecule has 2 fully saturated rings. The predicted molar refractivity (Wildman–Crippen MR) is 88.3 cm³/mol. The fourth-order valence-electron chi connectivity index (χ4n) is 3.41. The molecule has 0 bridgehead atoms. The third kappa shape index (κ3) is 3.62. The molecule has 0 aliphatic carbocycles. The maximum Gasteiger partial charge on any atom is 0.350 e. The van der Waals surface area contributed by atoms with E-state index in [0.29, 0.717) is 13.1 Å². The number of amides is 1. The summed E-state index contributed by atoms with van der Waals surface area (Å²) in [5.41, 5.74) is -0.143. The zero-order chi connectivity index (χ0) is 15.8. The van der Waals surface area contributed by atoms with Gasteiger partial charge in [-0.1, -0.05) is 23.7 Å². The van der Waals surface area contributed by atoms with Crippen molar-refractivity contribution in [1.29, 1.82) is 0 Å². The molecule has 1 spiro atoms. The minimum absolute atomic E-state index is 0. The van der Waals surface area contributed by atoms with E-state index in [4.69, 9.17) is 11.6 Å². The molecule has 2 aliphatic heterocycles. The van der Waals surface area contributed by atoms with E-state index in [-0.39, 0.29) is 28.4 Å². The number of carbonyl (C=O) groups is 1. The molecule has 1 aromatic rings. The summed E-state index contributed by atoms with van der Waals surface area (Å²) in [6, 6.07) is 5.36. The van der Waals surface area contributed by atoms with Crippen LogP contribution in [0.1, 0.15) is 24.8 Å². The molecule has 23 heavy (non-hydrogen) atoms. The van der Waals surface area contributed by atoms with Gasteiger partial charge in [-0.2, -0.15) is 8.78 Å². The summed E-state index contributed by atoms with van der Waals surface area (Å²) in [5.74, 6) is -4.64. The highest BCUT2D eigenvalue weighted by atomic mass is 35.5. The second kappa shape index (κ2) is 6.91. The number of piperidine rings is 1. The summed E-state index contributed by atoms with van der Waals surface area (Å²) in [5, 5.41) is 3.53. The van der Waals surface area contributed by atoms with Gasteiger partial charge in [-0.25, -0.2) is 0 Å². The van der Waals surface area contributed by atoms with Crippen molar-refractivity contribution in [2.24, 2.45) is 5.41 Å². The SMILES string of the molecule is Cl.O=C(N1CCC2(CCNC2)CC1)C(F)(F)c1cccc(Cl)c1. The Labute approximate surface area is 145 Å². The summed E-state index contributed by atoms with van der Waals surface area (Å²) >= 11 is 5.76. The van der Waals surface area contributed by atoms with Crippen LogP contribution in [0.25, 0.3) is 0 Å². The summed E-state index contributed by atoms with van der Waals surface area (Å²) < 4.78 is 28.8. The van der Waals surface area contributed by atoms with Crippen molar-refractivity contribution >= 4 is 29.9 Å². The van der Waals surface area contributed by atoms with Crippen LogP contribution in [0.5, 0.6) is 0 Å². The third-order valence-electron chi connectivity index (χ3n) is 4.90. The van der Waals surface area contributed by atoms with Gasteiger partial charge in [-0.05, 0) is 43.4 Å². The number of halogens is 4. The largest absolute Gasteiger partial charge is 0.350 e. The lowest BCUT2D eigenvalue weighted by Gasteiger charge is -2.39. The van der Waals surface area contributed by atoms with E-state index in [0.717, 1.165) is 38.4 Å². The van der Waals surface area contributed by atoms with Crippen LogP contribution < -0.4 is 5.32 Å². The molecule has 3 rings (SSSR count). The van der Waals surface area contributed by atoms with Gasteiger partial charge in [0.1, 0.15) is 0 Å². The number of nitrogens with one attached hydrogen (secondary N) is 1. The predicted octanol–water partition coefficient (Wildman–Crippen LogP) is 3.46. The number of hydrogen-bond acceptors (Lipinski definition) is 2. The van der Waals surface area contributed by atoms with Gasteiger partial charge in [0.2, 0.25) is 0 Å². The van der Waals surface area contributed by atoms with Gasteiger partial charge >= 0.3 is 5.92 Å². The van der Waals surface area contributed by atoms with E-state index in [1.54, 1.807) is 0 Å². The topological polar surface area (TPSA) is 32.3 Å². The van der Waals surface area contributed by atoms with Gasteiger partial charge < -0.3 is 10.2 Å². The Kier molecular flexibility index (Phi) is 5.54. The second-order valence-corrected chi connectivity index (χ2v) is 6.74. The first-order chi connectivity index (χ1) is 10.4. The van der Waals surface area contributed by atoms with E-state index in [2.05, 4.69) is 5.32 Å². The number of nitrogens with zero attached hydrogens (tertiary/aromatic N) is 1. The molecule has 7 heteroatoms. The van der Waals surface area contributed by atoms with Gasteiger partial charge in [0, 0.05) is 30.2 Å². The average Bonchev–Trinajstić information content (AvgIpc) is 2.95. The lowest BCUT2D eigenvalue weighted by Crippen LogP contribution is -2.49. The van der Waals surface area contributed by atoms with Crippen LogP contribution in [-0.2, 0) is 10.7 Å². The fraction of sp³-hybridized carbons (Fsp3) is 0.562. The minimum Gasteiger partial charge on any atom is -0.337 e. The van der Waals surface area contributed by atoms with Crippen LogP contribution >= 0.6 is 24.0 Å². The van der Waals surface area contributed by atoms with Gasteiger partial charge in [0.25, 0.3) is 5.91 Å². The van der Waals surface area contributed by atoms with Crippen molar-refractivity contribution < 1.29 is 13.6 Å². The standard InChI is InChI=1S/C16H19ClF2N2O.ClH/c17-13-3-1-2-12(10-13)16(18,19)14(22)21-8-5-15(6-9-21)4-7-20-11-15;/h1-3,10,20H,4-9,11H2;1H. The van der Waals surface area contributed by atoms with E-state index < -0.39 is 11.8 Å². The second-order valence-electron chi connectivity index (χ2n) is 6.30. The van der Waals surface area contributed by atoms with Crippen molar-refractivity contribution in [3.63, 3.8) is 0 Å². The van der Waals surface area contributed by atoms with Crippen molar-refractivity contribution in [2.75, 3.05) is 26.2 Å². The number of carbonyl (C=O) groups excluding carboxylic acids is 1. The van der Waals surface area contributed by atoms with E-state index >= 15 is 0 Å². The van der Waals surface area contributed by atoms with Crippen LogP contribution in [0.3, 0.4) is 0 Å². The van der Waals surface area contributed by atoms with Gasteiger partial charge in [0.05, 0.1) is 0 Å². The molecule has 2 aliphatic rings. The number of rotatable bonds is 2. The molecule has 1 N–H and O–H groups in total. The van der Waals surface area contributed by atoms with Crippen molar-refractivity contribution in [1.82, 2.24) is 10.2 Å². The van der Waals surface area contributed by atoms with Crippen molar-refractivity contribution in [2.45, 2.75) is 25.2 Å². The Morgan fingerprint density at radius 1 is 1.26 bits per heavy atom. The molecular weight excluding hydrogens is 345 g/mol. The number of likely N-dealkylation sites (tertiary alicyclic amines) is 1. The summed E-state index contributed by atoms with van der Waals surface area (Å²) in [4.78, 5) is 13.5. The van der Waals surface area contributed by atoms with Crippen LogP contribution in [0.4, 0.5) is 8.78 Å². The van der Waals surface area contributed by atoms with Gasteiger partial charge in [0.15, 0.2) is 0 Å². The van der Waals surface area contributed by atoms with Crippen LogP contribution in [0.2, 0.25) is 5.02 Å². The highest BCUT2D eigenvalue weighted by Crippen LogP contribution is 2.39. The van der Waals surface area contributed by atoms with E-state index in [1.807, 2.05) is 0 Å². The van der Waals surface area contributed by atoms with Crippen LogP contribution in [0.15, 0.2) is 24.3 Å². The zero-order valence-corrected chi connectivity index (χ0v) is 14.2. The Morgan fingerprint density at radius 2 is 1.96 bits per heavy atom. The van der Waals surface area contributed by atoms with Crippen LogP contribution in [0, 0.1) is 5.41 Å². The number of alkyl halides is 2. The molecular formula is C16H20Cl2F2N2O. The quantitative estimate of drug-likeness (QED) is 0.871. The molecule has 1 aromatic carbocycles. The molecule has 3 nitrogen and oxygen atoms in total. The highest BCUT2D eigenvalue weighted by molar-refractivity contribution is 6.30. The first-order valence-corrected chi connectivity index (χ1v) is 7.95. The summed E-state index contributed by atoms with van der Waals surface area (Å²) in [6.45, 7) is 2.71. The lowest BCUT2D eigenvalue weighted by molar-refractivity contribution is -0.161. The third-order valence-corrected chi connectivity index (χ3v) is 5.13. The molecule has 2 heterocycles. The molecule has 0 saturated carbocycles. The lowest BCUT2D eigenvalue weighted by atomic mass is 9.77. The fourth-order valence-corrected chi connectivity index (χ4v) is 3.60. The number of benzene rings is 1. The average molecular weight is 365 g/mol. The van der Waals surface area contributed by atoms with Crippen molar-refractivity contribution in [3.05, 3.63) is 34.9 Å². The first-order valence-electron chi connectivity index (χ1n) is 7.57. The molecule has 0 unspecified atom stereocenters. The Morgan fingerprint density at radius 3 is 2.52 bits per heavy atom. The monoisotopic (exact) mass is 364 g/mol. The normalized spacial score (nSPS) is 20.4. The van der Waals surface area contributed by atoms with Crippen molar-refractivity contribution in [3.8, 4) is 0 Å². The number of hydrogen-bond donors (Lipinski definition) is 1. The Bertz CT molecular complexity index is 567. The highest BCUT2D eigenvalue weighted by Gasteiger charge is 2.46. The maximum atomic E-state index is 14.4. The molecule has 0 atom stereocenters. The molecule has 0 aromatic heterocycles. The van der Waals surface area contributed by atoms with Crippen LogP contribution in [-0.4, -0.2) is 37.0 Å². The Balaban J connectivity index is 0.00000192. The van der Waals surface area contributed by atoms with E-state index in [1.165, 1.54) is 23.1 Å². The van der Waals surface area contributed by atoms with Gasteiger partial charge in [-0.3, -0.25) is 4.79 Å². The Hall–Kier alpha value is -0.910. The maximum absolute atomic E-state index is 14.4. The molecule has 0 radical (unpaired) electrons. The summed E-state index contributed by atoms with van der Waals surface area (Å²) in [7, 11) is 0. The minimum atomic E-state index is -3.52. The zero-order valence-electron chi connectivity index (χ0n) is 12.7. The van der Waals surface area contributed by atoms with E-state index in [9.17, 15) is 13.6 Å². The molecule has 2 saturated heterocycles.